The third kappa shape index (κ3) is 3.84. The lowest BCUT2D eigenvalue weighted by Gasteiger charge is -2.28. The van der Waals surface area contributed by atoms with E-state index in [2.05, 4.69) is 11.8 Å². The van der Waals surface area contributed by atoms with Crippen LogP contribution in [0.3, 0.4) is 0 Å². The smallest absolute Gasteiger partial charge is 0.266 e. The highest BCUT2D eigenvalue weighted by Gasteiger charge is 2.37. The van der Waals surface area contributed by atoms with Crippen LogP contribution < -0.4 is 0 Å². The maximum atomic E-state index is 12.7. The van der Waals surface area contributed by atoms with Crippen molar-refractivity contribution >= 4 is 40.3 Å². The normalized spacial score (nSPS) is 29.0. The molecule has 2 unspecified atom stereocenters. The van der Waals surface area contributed by atoms with Gasteiger partial charge in [-0.05, 0) is 24.5 Å². The van der Waals surface area contributed by atoms with E-state index in [9.17, 15) is 4.79 Å². The minimum absolute atomic E-state index is 0.0130. The second-order valence-corrected chi connectivity index (χ2v) is 8.52. The number of rotatable bonds is 5. The molecule has 2 atom stereocenters. The number of hydrogen-bond donors (Lipinski definition) is 0. The van der Waals surface area contributed by atoms with Crippen LogP contribution in [-0.2, 0) is 9.53 Å². The van der Waals surface area contributed by atoms with Crippen LogP contribution in [0.25, 0.3) is 6.08 Å². The van der Waals surface area contributed by atoms with Crippen LogP contribution in [0.5, 0.6) is 0 Å². The summed E-state index contributed by atoms with van der Waals surface area (Å²) < 4.78 is 11.9. The van der Waals surface area contributed by atoms with Gasteiger partial charge in [-0.3, -0.25) is 14.6 Å². The van der Waals surface area contributed by atoms with Crippen molar-refractivity contribution in [3.8, 4) is 0 Å². The fourth-order valence-corrected chi connectivity index (χ4v) is 4.54. The molecular formula is C18H22N2O3S2. The van der Waals surface area contributed by atoms with Gasteiger partial charge in [-0.15, -0.1) is 0 Å². The second-order valence-electron chi connectivity index (χ2n) is 6.85. The summed E-state index contributed by atoms with van der Waals surface area (Å²) in [4.78, 5) is 17.3. The first-order valence-corrected chi connectivity index (χ1v) is 9.99. The number of hydrogen-bond acceptors (Lipinski definition) is 6. The highest BCUT2D eigenvalue weighted by atomic mass is 32.2. The minimum Gasteiger partial charge on any atom is -0.461 e. The third-order valence-electron chi connectivity index (χ3n) is 5.01. The van der Waals surface area contributed by atoms with Gasteiger partial charge < -0.3 is 9.15 Å². The molecule has 25 heavy (non-hydrogen) atoms. The van der Waals surface area contributed by atoms with Crippen molar-refractivity contribution in [1.29, 1.82) is 0 Å². The van der Waals surface area contributed by atoms with Crippen LogP contribution in [0.4, 0.5) is 0 Å². The summed E-state index contributed by atoms with van der Waals surface area (Å²) in [7, 11) is 0. The average Bonchev–Trinajstić information content (AvgIpc) is 3.05. The number of ether oxygens (including phenoxy) is 1. The van der Waals surface area contributed by atoms with E-state index in [0.717, 1.165) is 44.4 Å². The lowest BCUT2D eigenvalue weighted by molar-refractivity contribution is -0.122. The summed E-state index contributed by atoms with van der Waals surface area (Å²) in [6, 6.07) is 3.97. The Morgan fingerprint density at radius 1 is 1.32 bits per heavy atom. The molecule has 7 heteroatoms. The molecule has 0 radical (unpaired) electrons. The number of carbonyl (C=O) groups excluding carboxylic acids is 1. The molecule has 3 aliphatic rings. The van der Waals surface area contributed by atoms with Gasteiger partial charge in [0.2, 0.25) is 0 Å². The van der Waals surface area contributed by atoms with Crippen molar-refractivity contribution in [2.75, 3.05) is 39.4 Å². The summed E-state index contributed by atoms with van der Waals surface area (Å²) in [6.45, 7) is 7.04. The largest absolute Gasteiger partial charge is 0.461 e. The SMILES string of the molecule is CC1CC1c1ccc(C=C2SC(=S)N(CCN3CCOCC3)C2=O)o1. The van der Waals surface area contributed by atoms with Gasteiger partial charge >= 0.3 is 0 Å². The predicted molar refractivity (Wildman–Crippen MR) is 102 cm³/mol. The van der Waals surface area contributed by atoms with Crippen LogP contribution in [0.2, 0.25) is 0 Å². The number of carbonyl (C=O) groups is 1. The quantitative estimate of drug-likeness (QED) is 0.580. The van der Waals surface area contributed by atoms with Gasteiger partial charge in [0.25, 0.3) is 5.91 Å². The molecule has 1 aromatic heterocycles. The maximum Gasteiger partial charge on any atom is 0.266 e. The molecule has 134 valence electrons. The Kier molecular flexibility index (Phi) is 4.99. The van der Waals surface area contributed by atoms with E-state index in [1.54, 1.807) is 4.90 Å². The van der Waals surface area contributed by atoms with Crippen LogP contribution in [0.1, 0.15) is 30.8 Å². The van der Waals surface area contributed by atoms with Crippen molar-refractivity contribution in [2.24, 2.45) is 5.92 Å². The monoisotopic (exact) mass is 378 g/mol. The molecule has 3 fully saturated rings. The number of thiocarbonyl (C=S) groups is 1. The predicted octanol–water partition coefficient (Wildman–Crippen LogP) is 2.94. The van der Waals surface area contributed by atoms with Gasteiger partial charge in [0.05, 0.1) is 18.1 Å². The molecule has 0 spiro atoms. The number of thioether (sulfide) groups is 1. The Morgan fingerprint density at radius 2 is 2.08 bits per heavy atom. The Hall–Kier alpha value is -1.15. The summed E-state index contributed by atoms with van der Waals surface area (Å²) in [5.41, 5.74) is 0. The fourth-order valence-electron chi connectivity index (χ4n) is 3.25. The Balaban J connectivity index is 1.39. The lowest BCUT2D eigenvalue weighted by atomic mass is 10.3. The zero-order valence-electron chi connectivity index (χ0n) is 14.3. The molecule has 5 nitrogen and oxygen atoms in total. The van der Waals surface area contributed by atoms with Crippen molar-refractivity contribution in [2.45, 2.75) is 19.3 Å². The number of furan rings is 1. The molecule has 1 aliphatic carbocycles. The van der Waals surface area contributed by atoms with Gasteiger partial charge in [-0.25, -0.2) is 0 Å². The van der Waals surface area contributed by atoms with E-state index < -0.39 is 0 Å². The molecular weight excluding hydrogens is 356 g/mol. The standard InChI is InChI=1S/C18H22N2O3S2/c1-12-10-14(12)15-3-2-13(23-15)11-16-17(21)20(18(24)25-16)5-4-19-6-8-22-9-7-19/h2-3,11-12,14H,4-10H2,1H3. The molecule has 4 rings (SSSR count). The second kappa shape index (κ2) is 7.23. The van der Waals surface area contributed by atoms with E-state index >= 15 is 0 Å². The van der Waals surface area contributed by atoms with E-state index in [4.69, 9.17) is 21.4 Å². The first kappa shape index (κ1) is 17.3. The molecule has 3 heterocycles. The van der Waals surface area contributed by atoms with Gasteiger partial charge in [-0.1, -0.05) is 30.9 Å². The summed E-state index contributed by atoms with van der Waals surface area (Å²) in [6.07, 6.45) is 3.02. The molecule has 0 aromatic carbocycles. The Morgan fingerprint density at radius 3 is 2.80 bits per heavy atom. The van der Waals surface area contributed by atoms with Gasteiger partial charge in [0.1, 0.15) is 15.8 Å². The number of morpholine rings is 1. The summed E-state index contributed by atoms with van der Waals surface area (Å²) in [5, 5.41) is 0. The molecule has 1 saturated carbocycles. The van der Waals surface area contributed by atoms with E-state index in [1.165, 1.54) is 18.2 Å². The van der Waals surface area contributed by atoms with Crippen molar-refractivity contribution in [3.63, 3.8) is 0 Å². The molecule has 1 aromatic rings. The summed E-state index contributed by atoms with van der Waals surface area (Å²) in [5.74, 6) is 3.01. The fraction of sp³-hybridized carbons (Fsp3) is 0.556. The Bertz CT molecular complexity index is 709. The topological polar surface area (TPSA) is 45.9 Å². The van der Waals surface area contributed by atoms with Gasteiger partial charge in [0, 0.05) is 38.2 Å². The molecule has 2 aliphatic heterocycles. The average molecular weight is 379 g/mol. The van der Waals surface area contributed by atoms with Crippen LogP contribution in [-0.4, -0.2) is 59.4 Å². The van der Waals surface area contributed by atoms with Crippen molar-refractivity contribution in [1.82, 2.24) is 9.80 Å². The van der Waals surface area contributed by atoms with Crippen LogP contribution in [0, 0.1) is 5.92 Å². The Labute approximate surface area is 157 Å². The van der Waals surface area contributed by atoms with Crippen LogP contribution >= 0.6 is 24.0 Å². The zero-order valence-corrected chi connectivity index (χ0v) is 15.9. The highest BCUT2D eigenvalue weighted by molar-refractivity contribution is 8.26. The highest BCUT2D eigenvalue weighted by Crippen LogP contribution is 2.47. The molecule has 0 N–H and O–H groups in total. The van der Waals surface area contributed by atoms with Crippen molar-refractivity contribution < 1.29 is 13.9 Å². The molecule has 2 saturated heterocycles. The van der Waals surface area contributed by atoms with Gasteiger partial charge in [0.15, 0.2) is 0 Å². The maximum absolute atomic E-state index is 12.7. The first-order chi connectivity index (χ1) is 12.1. The minimum atomic E-state index is -0.0130. The van der Waals surface area contributed by atoms with E-state index in [0.29, 0.717) is 27.6 Å². The van der Waals surface area contributed by atoms with E-state index in [-0.39, 0.29) is 5.91 Å². The molecule has 0 bridgehead atoms. The number of amides is 1. The summed E-state index contributed by atoms with van der Waals surface area (Å²) >= 11 is 6.77. The zero-order chi connectivity index (χ0) is 17.4. The first-order valence-electron chi connectivity index (χ1n) is 8.77. The van der Waals surface area contributed by atoms with Crippen molar-refractivity contribution in [3.05, 3.63) is 28.6 Å². The third-order valence-corrected chi connectivity index (χ3v) is 6.39. The van der Waals surface area contributed by atoms with E-state index in [1.807, 2.05) is 18.2 Å². The number of nitrogens with zero attached hydrogens (tertiary/aromatic N) is 2. The van der Waals surface area contributed by atoms with Crippen LogP contribution in [0.15, 0.2) is 21.5 Å². The lowest BCUT2D eigenvalue weighted by Crippen LogP contribution is -2.42. The molecule has 1 amide bonds. The van der Waals surface area contributed by atoms with Gasteiger partial charge in [-0.2, -0.15) is 0 Å².